The summed E-state index contributed by atoms with van der Waals surface area (Å²) >= 11 is 0. The maximum Gasteiger partial charge on any atom is 0.316 e. The van der Waals surface area contributed by atoms with Crippen LogP contribution in [0.25, 0.3) is 0 Å². The van der Waals surface area contributed by atoms with E-state index in [1.54, 1.807) is 43.6 Å². The van der Waals surface area contributed by atoms with Gasteiger partial charge in [-0.05, 0) is 101 Å². The second-order valence-corrected chi connectivity index (χ2v) is 14.4. The highest BCUT2D eigenvalue weighted by molar-refractivity contribution is 7.89. The Morgan fingerprint density at radius 1 is 1.07 bits per heavy atom. The quantitative estimate of drug-likeness (QED) is 0.311. The minimum absolute atomic E-state index is 0.0549. The summed E-state index contributed by atoms with van der Waals surface area (Å²) in [5.74, 6) is 0.644. The number of likely N-dealkylation sites (tertiary alicyclic amines) is 1. The molecule has 2 atom stereocenters. The number of ether oxygens (including phenoxy) is 2. The monoisotopic (exact) mass is 636 g/mol. The molecule has 10 nitrogen and oxygen atoms in total. The maximum absolute atomic E-state index is 13.8. The van der Waals surface area contributed by atoms with Crippen molar-refractivity contribution >= 4 is 10.0 Å². The number of hydrogen-bond acceptors (Lipinski definition) is 9. The summed E-state index contributed by atoms with van der Waals surface area (Å²) in [4.78, 5) is 14.1. The zero-order chi connectivity index (χ0) is 32.2. The van der Waals surface area contributed by atoms with E-state index in [-0.39, 0.29) is 30.2 Å². The molecule has 2 N–H and O–H groups in total. The summed E-state index contributed by atoms with van der Waals surface area (Å²) in [5.41, 5.74) is 10.1. The van der Waals surface area contributed by atoms with Crippen LogP contribution in [0.5, 0.6) is 11.8 Å². The van der Waals surface area contributed by atoms with Gasteiger partial charge in [0.05, 0.1) is 23.7 Å². The molecule has 11 heteroatoms. The highest BCUT2D eigenvalue weighted by Crippen LogP contribution is 2.37. The molecule has 2 aromatic carbocycles. The Balaban J connectivity index is 1.16. The number of rotatable bonds is 12. The number of hydrogen-bond donors (Lipinski definition) is 1. The van der Waals surface area contributed by atoms with E-state index in [2.05, 4.69) is 64.2 Å². The molecule has 0 radical (unpaired) electrons. The van der Waals surface area contributed by atoms with Crippen molar-refractivity contribution in [1.82, 2.24) is 24.1 Å². The molecule has 1 aromatic heterocycles. The van der Waals surface area contributed by atoms with Crippen molar-refractivity contribution in [2.45, 2.75) is 68.5 Å². The van der Waals surface area contributed by atoms with E-state index in [0.717, 1.165) is 51.0 Å². The number of methoxy groups -OCH3 is 1. The number of aryl methyl sites for hydroxylation is 2. The van der Waals surface area contributed by atoms with Crippen LogP contribution in [0.2, 0.25) is 0 Å². The van der Waals surface area contributed by atoms with Crippen LogP contribution in [0.3, 0.4) is 0 Å². The Morgan fingerprint density at radius 3 is 2.40 bits per heavy atom. The van der Waals surface area contributed by atoms with E-state index < -0.39 is 10.0 Å². The van der Waals surface area contributed by atoms with Crippen LogP contribution >= 0.6 is 0 Å². The molecule has 0 saturated carbocycles. The van der Waals surface area contributed by atoms with E-state index in [4.69, 9.17) is 15.2 Å². The van der Waals surface area contributed by atoms with Crippen LogP contribution in [-0.2, 0) is 15.6 Å². The molecular weight excluding hydrogens is 588 g/mol. The average molecular weight is 637 g/mol. The van der Waals surface area contributed by atoms with E-state index in [0.29, 0.717) is 34.7 Å². The van der Waals surface area contributed by atoms with Crippen LogP contribution in [0.4, 0.5) is 0 Å². The van der Waals surface area contributed by atoms with Gasteiger partial charge in [0.1, 0.15) is 12.4 Å². The molecule has 2 aliphatic heterocycles. The number of sulfonamides is 1. The average Bonchev–Trinajstić information content (AvgIpc) is 3.53. The molecule has 3 heterocycles. The van der Waals surface area contributed by atoms with Gasteiger partial charge in [-0.2, -0.15) is 9.29 Å². The number of nitrogens with two attached hydrogens (primary N) is 1. The Kier molecular flexibility index (Phi) is 10.4. The third-order valence-corrected chi connectivity index (χ3v) is 11.9. The van der Waals surface area contributed by atoms with Gasteiger partial charge in [0.2, 0.25) is 10.0 Å². The first kappa shape index (κ1) is 33.3. The lowest BCUT2D eigenvalue weighted by Gasteiger charge is -2.46. The van der Waals surface area contributed by atoms with Gasteiger partial charge in [-0.3, -0.25) is 4.90 Å². The Morgan fingerprint density at radius 2 is 1.76 bits per heavy atom. The van der Waals surface area contributed by atoms with Crippen molar-refractivity contribution in [3.8, 4) is 11.8 Å². The third-order valence-electron chi connectivity index (χ3n) is 9.61. The minimum Gasteiger partial charge on any atom is -0.497 e. The van der Waals surface area contributed by atoms with Crippen LogP contribution in [0, 0.1) is 13.8 Å². The van der Waals surface area contributed by atoms with Crippen LogP contribution in [0.15, 0.2) is 59.6 Å². The third kappa shape index (κ3) is 7.18. The maximum atomic E-state index is 13.8. The number of aromatic nitrogens is 2. The summed E-state index contributed by atoms with van der Waals surface area (Å²) in [5, 5.41) is 0. The molecular formula is C34H48N6O4S. The molecule has 244 valence electrons. The van der Waals surface area contributed by atoms with Gasteiger partial charge >= 0.3 is 6.01 Å². The first-order valence-corrected chi connectivity index (χ1v) is 17.3. The molecule has 0 bridgehead atoms. The van der Waals surface area contributed by atoms with Crippen molar-refractivity contribution < 1.29 is 17.9 Å². The predicted octanol–water partition coefficient (Wildman–Crippen LogP) is 4.28. The van der Waals surface area contributed by atoms with Gasteiger partial charge in [0, 0.05) is 37.4 Å². The lowest BCUT2D eigenvalue weighted by molar-refractivity contribution is 0.0527. The minimum atomic E-state index is -3.72. The topological polar surface area (TPSA) is 114 Å². The molecule has 2 aliphatic rings. The summed E-state index contributed by atoms with van der Waals surface area (Å²) in [6.07, 6.45) is 6.04. The summed E-state index contributed by atoms with van der Waals surface area (Å²) in [6, 6.07) is 15.8. The fraction of sp³-hybridized carbons (Fsp3) is 0.529. The van der Waals surface area contributed by atoms with Gasteiger partial charge in [0.15, 0.2) is 0 Å². The Labute approximate surface area is 268 Å². The van der Waals surface area contributed by atoms with Crippen molar-refractivity contribution in [2.24, 2.45) is 5.73 Å². The zero-order valence-electron chi connectivity index (χ0n) is 27.3. The van der Waals surface area contributed by atoms with Crippen molar-refractivity contribution in [3.63, 3.8) is 0 Å². The Bertz CT molecular complexity index is 1520. The summed E-state index contributed by atoms with van der Waals surface area (Å²) in [6.45, 7) is 7.14. The standard InChI is InChI=1S/C34H48N6O4S/c1-25-22-29(43-5)23-26(2)32(25)45(41,42)40-18-9-12-28(40)24-44-33-36-17-13-31(37-33)30(35)14-19-39-20-15-34(16-21-39,38(3)4)27-10-7-6-8-11-27/h6-8,10-11,13,17,22-23,28,30H,9,12,14-16,18-21,24,35H2,1-5H3/t28-,30?/m0/s1. The summed E-state index contributed by atoms with van der Waals surface area (Å²) in [7, 11) is 2.22. The molecule has 0 amide bonds. The number of piperidine rings is 1. The first-order valence-electron chi connectivity index (χ1n) is 15.9. The van der Waals surface area contributed by atoms with Crippen LogP contribution in [0.1, 0.15) is 60.5 Å². The lowest BCUT2D eigenvalue weighted by atomic mass is 9.79. The highest BCUT2D eigenvalue weighted by Gasteiger charge is 2.39. The molecule has 45 heavy (non-hydrogen) atoms. The molecule has 3 aromatic rings. The largest absolute Gasteiger partial charge is 0.497 e. The number of nitrogens with zero attached hydrogens (tertiary/aromatic N) is 5. The zero-order valence-corrected chi connectivity index (χ0v) is 28.1. The second kappa shape index (κ2) is 14.1. The fourth-order valence-corrected chi connectivity index (χ4v) is 9.10. The lowest BCUT2D eigenvalue weighted by Crippen LogP contribution is -2.50. The first-order chi connectivity index (χ1) is 21.5. The highest BCUT2D eigenvalue weighted by atomic mass is 32.2. The van der Waals surface area contributed by atoms with Gasteiger partial charge in [-0.1, -0.05) is 30.3 Å². The van der Waals surface area contributed by atoms with Crippen molar-refractivity contribution in [3.05, 3.63) is 77.1 Å². The molecule has 5 rings (SSSR count). The summed E-state index contributed by atoms with van der Waals surface area (Å²) < 4.78 is 40.4. The van der Waals surface area contributed by atoms with E-state index in [9.17, 15) is 8.42 Å². The van der Waals surface area contributed by atoms with E-state index >= 15 is 0 Å². The van der Waals surface area contributed by atoms with Gasteiger partial charge < -0.3 is 20.1 Å². The van der Waals surface area contributed by atoms with Gasteiger partial charge in [-0.25, -0.2) is 13.4 Å². The molecule has 0 aliphatic carbocycles. The van der Waals surface area contributed by atoms with Crippen molar-refractivity contribution in [1.29, 1.82) is 0 Å². The molecule has 2 fully saturated rings. The van der Waals surface area contributed by atoms with Gasteiger partial charge in [-0.15, -0.1) is 0 Å². The number of benzene rings is 2. The van der Waals surface area contributed by atoms with E-state index in [1.807, 2.05) is 6.07 Å². The second-order valence-electron chi connectivity index (χ2n) is 12.6. The predicted molar refractivity (Wildman–Crippen MR) is 176 cm³/mol. The van der Waals surface area contributed by atoms with Crippen molar-refractivity contribution in [2.75, 3.05) is 54.0 Å². The smallest absolute Gasteiger partial charge is 0.316 e. The fourth-order valence-electron chi connectivity index (χ4n) is 7.00. The van der Waals surface area contributed by atoms with Gasteiger partial charge in [0.25, 0.3) is 0 Å². The van der Waals surface area contributed by atoms with Crippen LogP contribution < -0.4 is 15.2 Å². The molecule has 1 unspecified atom stereocenters. The molecule has 0 spiro atoms. The van der Waals surface area contributed by atoms with Crippen LogP contribution in [-0.4, -0.2) is 92.5 Å². The molecule has 2 saturated heterocycles. The van der Waals surface area contributed by atoms with E-state index in [1.165, 1.54) is 5.56 Å². The Hall–Kier alpha value is -3.09. The normalized spacial score (nSPS) is 19.9. The SMILES string of the molecule is COc1cc(C)c(S(=O)(=O)N2CCC[C@H]2COc2nccc(C(N)CCN3CCC(c4ccccc4)(N(C)C)CC3)n2)c(C)c1.